The molecule has 0 spiro atoms. The van der Waals surface area contributed by atoms with E-state index in [-0.39, 0.29) is 18.5 Å². The van der Waals surface area contributed by atoms with E-state index in [2.05, 4.69) is 21.4 Å². The number of anilines is 2. The zero-order valence-electron chi connectivity index (χ0n) is 20.5. The fourth-order valence-electron chi connectivity index (χ4n) is 4.57. The molecule has 5 rings (SSSR count). The summed E-state index contributed by atoms with van der Waals surface area (Å²) in [7, 11) is 4.00. The molecule has 188 valence electrons. The van der Waals surface area contributed by atoms with Gasteiger partial charge in [-0.15, -0.1) is 0 Å². The van der Waals surface area contributed by atoms with Crippen LogP contribution in [0.2, 0.25) is 10.0 Å². The molecular weight excluding hydrogens is 507 g/mol. The largest absolute Gasteiger partial charge is 0.449 e. The minimum atomic E-state index is -0.581. The van der Waals surface area contributed by atoms with Crippen LogP contribution in [0.15, 0.2) is 72.9 Å². The molecule has 1 unspecified atom stereocenters. The van der Waals surface area contributed by atoms with E-state index < -0.39 is 6.09 Å². The number of hydrogen-bond acceptors (Lipinski definition) is 5. The lowest BCUT2D eigenvalue weighted by molar-refractivity contribution is 0.163. The molecule has 1 aliphatic carbocycles. The summed E-state index contributed by atoms with van der Waals surface area (Å²) in [6.07, 6.45) is 2.52. The molecule has 0 saturated heterocycles. The smallest absolute Gasteiger partial charge is 0.414 e. The number of amides is 1. The van der Waals surface area contributed by atoms with Gasteiger partial charge in [-0.2, -0.15) is 0 Å². The number of carbonyl (C=O) groups is 1. The first kappa shape index (κ1) is 25.1. The fraction of sp³-hybridized carbons (Fsp3) is 0.207. The van der Waals surface area contributed by atoms with Gasteiger partial charge in [0.1, 0.15) is 0 Å². The normalized spacial score (nSPS) is 13.9. The quantitative estimate of drug-likeness (QED) is 0.289. The van der Waals surface area contributed by atoms with Crippen molar-refractivity contribution in [3.8, 4) is 11.3 Å². The fourth-order valence-corrected chi connectivity index (χ4v) is 4.88. The summed E-state index contributed by atoms with van der Waals surface area (Å²) < 4.78 is 5.37. The lowest BCUT2D eigenvalue weighted by Gasteiger charge is -2.27. The summed E-state index contributed by atoms with van der Waals surface area (Å²) in [6, 6.07) is 22.0. The number of hydrogen-bond donors (Lipinski definition) is 1. The molecule has 8 heteroatoms. The molecule has 3 aromatic carbocycles. The molecular formula is C29H26Cl2N4O2. The number of fused-ring (bicyclic) bond motifs is 3. The molecule has 1 aromatic heterocycles. The minimum absolute atomic E-state index is 0.0950. The van der Waals surface area contributed by atoms with Gasteiger partial charge in [0.25, 0.3) is 0 Å². The molecule has 1 heterocycles. The van der Waals surface area contributed by atoms with Gasteiger partial charge in [-0.25, -0.2) is 14.8 Å². The van der Waals surface area contributed by atoms with Crippen LogP contribution in [0, 0.1) is 0 Å². The van der Waals surface area contributed by atoms with Crippen LogP contribution in [0.3, 0.4) is 0 Å². The lowest BCUT2D eigenvalue weighted by atomic mass is 9.78. The van der Waals surface area contributed by atoms with Crippen molar-refractivity contribution in [2.45, 2.75) is 18.8 Å². The maximum Gasteiger partial charge on any atom is 0.414 e. The molecule has 0 fully saturated rings. The molecule has 1 amide bonds. The van der Waals surface area contributed by atoms with E-state index in [1.807, 2.05) is 79.7 Å². The van der Waals surface area contributed by atoms with Crippen LogP contribution in [0.1, 0.15) is 28.2 Å². The first-order valence-corrected chi connectivity index (χ1v) is 12.7. The number of nitrogens with zero attached hydrogens (tertiary/aromatic N) is 3. The Morgan fingerprint density at radius 2 is 1.84 bits per heavy atom. The van der Waals surface area contributed by atoms with Gasteiger partial charge in [0.2, 0.25) is 5.95 Å². The Bertz CT molecular complexity index is 1440. The van der Waals surface area contributed by atoms with Gasteiger partial charge >= 0.3 is 6.09 Å². The molecule has 37 heavy (non-hydrogen) atoms. The Morgan fingerprint density at radius 1 is 1.05 bits per heavy atom. The number of rotatable bonds is 6. The SMILES string of the molecule is CN(C)c1ccc(CCOC(=O)Nc2ncc3c(n2)-c2ccccc2C(c2ccc(Cl)c(Cl)c2)C3)cc1. The molecule has 1 N–H and O–H groups in total. The molecule has 6 nitrogen and oxygen atoms in total. The Balaban J connectivity index is 1.28. The van der Waals surface area contributed by atoms with Crippen molar-refractivity contribution in [1.82, 2.24) is 9.97 Å². The van der Waals surface area contributed by atoms with Crippen molar-refractivity contribution in [3.05, 3.63) is 105 Å². The van der Waals surface area contributed by atoms with Gasteiger partial charge in [-0.05, 0) is 52.9 Å². The number of ether oxygens (including phenoxy) is 1. The summed E-state index contributed by atoms with van der Waals surface area (Å²) in [5, 5.41) is 3.73. The Kier molecular flexibility index (Phi) is 7.31. The summed E-state index contributed by atoms with van der Waals surface area (Å²) >= 11 is 12.4. The van der Waals surface area contributed by atoms with Crippen LogP contribution in [0.25, 0.3) is 11.3 Å². The molecule has 0 radical (unpaired) electrons. The highest BCUT2D eigenvalue weighted by molar-refractivity contribution is 6.42. The van der Waals surface area contributed by atoms with Gasteiger partial charge in [0.15, 0.2) is 0 Å². The van der Waals surface area contributed by atoms with Crippen molar-refractivity contribution in [1.29, 1.82) is 0 Å². The van der Waals surface area contributed by atoms with Gasteiger partial charge < -0.3 is 9.64 Å². The van der Waals surface area contributed by atoms with E-state index in [1.165, 1.54) is 0 Å². The number of halogens is 2. The van der Waals surface area contributed by atoms with Gasteiger partial charge in [-0.1, -0.05) is 65.7 Å². The second kappa shape index (κ2) is 10.8. The third-order valence-corrected chi connectivity index (χ3v) is 7.26. The highest BCUT2D eigenvalue weighted by Crippen LogP contribution is 2.42. The van der Waals surface area contributed by atoms with Crippen LogP contribution < -0.4 is 10.2 Å². The number of aromatic nitrogens is 2. The summed E-state index contributed by atoms with van der Waals surface area (Å²) in [5.41, 5.74) is 7.23. The minimum Gasteiger partial charge on any atom is -0.449 e. The van der Waals surface area contributed by atoms with E-state index in [0.29, 0.717) is 22.9 Å². The van der Waals surface area contributed by atoms with Crippen LogP contribution in [0.5, 0.6) is 0 Å². The second-order valence-electron chi connectivity index (χ2n) is 9.16. The lowest BCUT2D eigenvalue weighted by Crippen LogP contribution is -2.19. The van der Waals surface area contributed by atoms with Gasteiger partial charge in [0, 0.05) is 43.9 Å². The average molecular weight is 533 g/mol. The van der Waals surface area contributed by atoms with E-state index in [1.54, 1.807) is 6.20 Å². The third kappa shape index (κ3) is 5.55. The van der Waals surface area contributed by atoms with Crippen molar-refractivity contribution < 1.29 is 9.53 Å². The van der Waals surface area contributed by atoms with Crippen LogP contribution in [-0.4, -0.2) is 36.8 Å². The van der Waals surface area contributed by atoms with Crippen molar-refractivity contribution in [2.75, 3.05) is 30.9 Å². The Hall–Kier alpha value is -3.61. The highest BCUT2D eigenvalue weighted by atomic mass is 35.5. The first-order valence-electron chi connectivity index (χ1n) is 12.0. The predicted molar refractivity (Wildman–Crippen MR) is 149 cm³/mol. The highest BCUT2D eigenvalue weighted by Gasteiger charge is 2.28. The molecule has 0 aliphatic heterocycles. The number of nitrogens with one attached hydrogen (secondary N) is 1. The molecule has 4 aromatic rings. The topological polar surface area (TPSA) is 67.3 Å². The van der Waals surface area contributed by atoms with Gasteiger partial charge in [-0.3, -0.25) is 5.32 Å². The summed E-state index contributed by atoms with van der Waals surface area (Å²) in [6.45, 7) is 0.256. The standard InChI is InChI=1S/C29H26Cl2N4O2/c1-35(2)21-10-7-18(8-11-21)13-14-37-29(36)34-28-32-17-20-15-24(19-9-12-25(30)26(31)16-19)22-5-3-4-6-23(22)27(20)33-28/h3-12,16-17,24H,13-15H2,1-2H3,(H,32,33,34,36). The number of benzene rings is 3. The maximum atomic E-state index is 12.4. The molecule has 1 aliphatic rings. The number of carbonyl (C=O) groups excluding carboxylic acids is 1. The second-order valence-corrected chi connectivity index (χ2v) is 9.97. The van der Waals surface area contributed by atoms with E-state index in [9.17, 15) is 4.79 Å². The van der Waals surface area contributed by atoms with E-state index >= 15 is 0 Å². The Labute approximate surface area is 226 Å². The van der Waals surface area contributed by atoms with Gasteiger partial charge in [0.05, 0.1) is 22.3 Å². The van der Waals surface area contributed by atoms with E-state index in [4.69, 9.17) is 27.9 Å². The van der Waals surface area contributed by atoms with Crippen molar-refractivity contribution >= 4 is 40.9 Å². The third-order valence-electron chi connectivity index (χ3n) is 6.52. The van der Waals surface area contributed by atoms with Crippen molar-refractivity contribution in [2.24, 2.45) is 0 Å². The summed E-state index contributed by atoms with van der Waals surface area (Å²) in [4.78, 5) is 23.5. The predicted octanol–water partition coefficient (Wildman–Crippen LogP) is 7.00. The average Bonchev–Trinajstić information content (AvgIpc) is 2.90. The van der Waals surface area contributed by atoms with Crippen LogP contribution in [-0.2, 0) is 17.6 Å². The summed E-state index contributed by atoms with van der Waals surface area (Å²) in [5.74, 6) is 0.305. The Morgan fingerprint density at radius 3 is 2.59 bits per heavy atom. The zero-order chi connectivity index (χ0) is 25.9. The van der Waals surface area contributed by atoms with E-state index in [0.717, 1.165) is 39.2 Å². The van der Waals surface area contributed by atoms with Crippen molar-refractivity contribution in [3.63, 3.8) is 0 Å². The molecule has 1 atom stereocenters. The van der Waals surface area contributed by atoms with Crippen LogP contribution in [0.4, 0.5) is 16.4 Å². The zero-order valence-corrected chi connectivity index (χ0v) is 22.1. The maximum absolute atomic E-state index is 12.4. The monoisotopic (exact) mass is 532 g/mol. The molecule has 0 bridgehead atoms. The first-order chi connectivity index (χ1) is 17.9. The van der Waals surface area contributed by atoms with Crippen LogP contribution >= 0.6 is 23.2 Å². The molecule has 0 saturated carbocycles.